The number of carbonyl (C=O) groups is 2. The van der Waals surface area contributed by atoms with Crippen LogP contribution in [-0.4, -0.2) is 28.2 Å². The lowest BCUT2D eigenvalue weighted by atomic mass is 10.1. The largest absolute Gasteiger partial charge is 0.507 e. The average Bonchev–Trinajstić information content (AvgIpc) is 2.84. The van der Waals surface area contributed by atoms with Gasteiger partial charge in [0.05, 0.1) is 12.1 Å². The molecule has 0 unspecified atom stereocenters. The lowest BCUT2D eigenvalue weighted by Crippen LogP contribution is -2.26. The van der Waals surface area contributed by atoms with Gasteiger partial charge in [-0.1, -0.05) is 60.7 Å². The molecule has 0 atom stereocenters. The molecule has 1 N–H and O–H groups in total. The number of aliphatic hydroxyl groups excluding tert-OH is 1. The van der Waals surface area contributed by atoms with Crippen molar-refractivity contribution in [3.05, 3.63) is 77.4 Å². The van der Waals surface area contributed by atoms with Gasteiger partial charge in [-0.3, -0.25) is 9.59 Å². The van der Waals surface area contributed by atoms with Crippen LogP contribution in [0.3, 0.4) is 0 Å². The Bertz CT molecular complexity index is 735. The molecule has 1 fully saturated rings. The molecule has 0 radical (unpaired) electrons. The van der Waals surface area contributed by atoms with Gasteiger partial charge in [0.15, 0.2) is 0 Å². The highest BCUT2D eigenvalue weighted by Crippen LogP contribution is 2.24. The lowest BCUT2D eigenvalue weighted by Gasteiger charge is -2.14. The van der Waals surface area contributed by atoms with Gasteiger partial charge in [-0.15, -0.1) is 0 Å². The minimum atomic E-state index is -0.628. The number of hydrogen-bond donors (Lipinski definition) is 1. The minimum Gasteiger partial charge on any atom is -0.507 e. The minimum absolute atomic E-state index is 0.116. The summed E-state index contributed by atoms with van der Waals surface area (Å²) in [6.45, 7) is 0.490. The molecule has 0 spiro atoms. The van der Waals surface area contributed by atoms with Crippen molar-refractivity contribution in [2.24, 2.45) is 0 Å². The molecule has 1 saturated heterocycles. The second-order valence-electron chi connectivity index (χ2n) is 5.17. The SMILES string of the molecule is O=C1C(=O)N(Cc2ccccc2)C/C1=C(/O)c1ccccc1. The predicted molar refractivity (Wildman–Crippen MR) is 82.9 cm³/mol. The van der Waals surface area contributed by atoms with Gasteiger partial charge in [-0.05, 0) is 5.56 Å². The van der Waals surface area contributed by atoms with E-state index < -0.39 is 11.7 Å². The molecule has 0 aromatic heterocycles. The van der Waals surface area contributed by atoms with Gasteiger partial charge in [-0.25, -0.2) is 0 Å². The lowest BCUT2D eigenvalue weighted by molar-refractivity contribution is -0.139. The Morgan fingerprint density at radius 3 is 2.18 bits per heavy atom. The van der Waals surface area contributed by atoms with Crippen LogP contribution in [0.1, 0.15) is 11.1 Å². The Morgan fingerprint density at radius 1 is 0.955 bits per heavy atom. The maximum Gasteiger partial charge on any atom is 0.295 e. The molecule has 110 valence electrons. The van der Waals surface area contributed by atoms with Crippen molar-refractivity contribution in [1.82, 2.24) is 4.90 Å². The zero-order valence-electron chi connectivity index (χ0n) is 11.9. The number of ketones is 1. The average molecular weight is 293 g/mol. The van der Waals surface area contributed by atoms with Gasteiger partial charge >= 0.3 is 0 Å². The summed E-state index contributed by atoms with van der Waals surface area (Å²) in [5.41, 5.74) is 1.65. The Kier molecular flexibility index (Phi) is 3.74. The third kappa shape index (κ3) is 2.63. The molecular formula is C18H15NO3. The van der Waals surface area contributed by atoms with Crippen molar-refractivity contribution < 1.29 is 14.7 Å². The number of likely N-dealkylation sites (tertiary alicyclic amines) is 1. The molecule has 1 aliphatic rings. The molecule has 22 heavy (non-hydrogen) atoms. The number of aliphatic hydroxyl groups is 1. The normalized spacial score (nSPS) is 17.0. The topological polar surface area (TPSA) is 57.6 Å². The van der Waals surface area contributed by atoms with E-state index in [2.05, 4.69) is 0 Å². The third-order valence-electron chi connectivity index (χ3n) is 3.65. The maximum atomic E-state index is 12.1. The molecule has 0 aliphatic carbocycles. The van der Waals surface area contributed by atoms with Crippen molar-refractivity contribution in [3.63, 3.8) is 0 Å². The molecule has 0 bridgehead atoms. The quantitative estimate of drug-likeness (QED) is 0.537. The van der Waals surface area contributed by atoms with Crippen LogP contribution in [-0.2, 0) is 16.1 Å². The summed E-state index contributed by atoms with van der Waals surface area (Å²) in [5.74, 6) is -1.31. The first-order chi connectivity index (χ1) is 10.7. The van der Waals surface area contributed by atoms with Crippen LogP contribution < -0.4 is 0 Å². The van der Waals surface area contributed by atoms with Gasteiger partial charge < -0.3 is 10.0 Å². The van der Waals surface area contributed by atoms with E-state index in [1.54, 1.807) is 24.3 Å². The summed E-state index contributed by atoms with van der Waals surface area (Å²) in [4.78, 5) is 25.6. The fourth-order valence-corrected chi connectivity index (χ4v) is 2.49. The summed E-state index contributed by atoms with van der Waals surface area (Å²) in [6, 6.07) is 18.3. The van der Waals surface area contributed by atoms with Gasteiger partial charge in [0.1, 0.15) is 5.76 Å². The third-order valence-corrected chi connectivity index (χ3v) is 3.65. The van der Waals surface area contributed by atoms with E-state index in [1.165, 1.54) is 4.90 Å². The summed E-state index contributed by atoms with van der Waals surface area (Å²) < 4.78 is 0. The number of hydrogen-bond acceptors (Lipinski definition) is 3. The molecule has 1 heterocycles. The molecule has 2 aromatic carbocycles. The van der Waals surface area contributed by atoms with Gasteiger partial charge in [-0.2, -0.15) is 0 Å². The molecule has 2 aromatic rings. The van der Waals surface area contributed by atoms with Crippen LogP contribution in [0.5, 0.6) is 0 Å². The van der Waals surface area contributed by atoms with Crippen molar-refractivity contribution >= 4 is 17.4 Å². The standard InChI is InChI=1S/C18H15NO3/c20-16(14-9-5-2-6-10-14)15-12-19(18(22)17(15)21)11-13-7-3-1-4-8-13/h1-10,20H,11-12H2/b16-15-. The van der Waals surface area contributed by atoms with Crippen molar-refractivity contribution in [3.8, 4) is 0 Å². The first-order valence-corrected chi connectivity index (χ1v) is 7.02. The molecule has 3 rings (SSSR count). The van der Waals surface area contributed by atoms with Crippen LogP contribution in [0.2, 0.25) is 0 Å². The van der Waals surface area contributed by atoms with E-state index in [9.17, 15) is 14.7 Å². The summed E-state index contributed by atoms with van der Waals surface area (Å²) >= 11 is 0. The number of Topliss-reactive ketones (excluding diaryl/α,β-unsaturated/α-hetero) is 1. The summed E-state index contributed by atoms with van der Waals surface area (Å²) in [6.07, 6.45) is 0. The Balaban J connectivity index is 1.87. The van der Waals surface area contributed by atoms with E-state index in [-0.39, 0.29) is 17.9 Å². The first-order valence-electron chi connectivity index (χ1n) is 7.02. The smallest absolute Gasteiger partial charge is 0.295 e. The number of nitrogens with zero attached hydrogens (tertiary/aromatic N) is 1. The highest BCUT2D eigenvalue weighted by atomic mass is 16.3. The van der Waals surface area contributed by atoms with E-state index in [4.69, 9.17) is 0 Å². The number of rotatable bonds is 3. The molecular weight excluding hydrogens is 278 g/mol. The van der Waals surface area contributed by atoms with E-state index in [0.29, 0.717) is 12.1 Å². The zero-order valence-corrected chi connectivity index (χ0v) is 11.9. The fraction of sp³-hybridized carbons (Fsp3) is 0.111. The number of amides is 1. The number of benzene rings is 2. The summed E-state index contributed by atoms with van der Waals surface area (Å²) in [5, 5.41) is 10.3. The molecule has 4 heteroatoms. The van der Waals surface area contributed by atoms with Gasteiger partial charge in [0.25, 0.3) is 11.7 Å². The Hall–Kier alpha value is -2.88. The zero-order chi connectivity index (χ0) is 15.5. The van der Waals surface area contributed by atoms with Gasteiger partial charge in [0.2, 0.25) is 0 Å². The van der Waals surface area contributed by atoms with Crippen LogP contribution >= 0.6 is 0 Å². The highest BCUT2D eigenvalue weighted by molar-refractivity contribution is 6.46. The van der Waals surface area contributed by atoms with Gasteiger partial charge in [0, 0.05) is 12.1 Å². The maximum absolute atomic E-state index is 12.1. The Morgan fingerprint density at radius 2 is 1.55 bits per heavy atom. The Labute approximate surface area is 128 Å². The highest BCUT2D eigenvalue weighted by Gasteiger charge is 2.36. The second kappa shape index (κ2) is 5.85. The van der Waals surface area contributed by atoms with Crippen LogP contribution in [0.25, 0.3) is 5.76 Å². The van der Waals surface area contributed by atoms with Crippen LogP contribution in [0.4, 0.5) is 0 Å². The van der Waals surface area contributed by atoms with E-state index in [0.717, 1.165) is 5.56 Å². The van der Waals surface area contributed by atoms with Crippen molar-refractivity contribution in [2.75, 3.05) is 6.54 Å². The van der Waals surface area contributed by atoms with Crippen LogP contribution in [0.15, 0.2) is 66.2 Å². The monoisotopic (exact) mass is 293 g/mol. The molecule has 0 saturated carbocycles. The van der Waals surface area contributed by atoms with E-state index in [1.807, 2.05) is 36.4 Å². The van der Waals surface area contributed by atoms with Crippen molar-refractivity contribution in [2.45, 2.75) is 6.54 Å². The second-order valence-corrected chi connectivity index (χ2v) is 5.17. The fourth-order valence-electron chi connectivity index (χ4n) is 2.49. The molecule has 4 nitrogen and oxygen atoms in total. The first kappa shape index (κ1) is 14.1. The molecule has 1 aliphatic heterocycles. The van der Waals surface area contributed by atoms with Crippen molar-refractivity contribution in [1.29, 1.82) is 0 Å². The van der Waals surface area contributed by atoms with E-state index >= 15 is 0 Å². The number of carbonyl (C=O) groups excluding carboxylic acids is 2. The predicted octanol–water partition coefficient (Wildman–Crippen LogP) is 2.57. The van der Waals surface area contributed by atoms with Crippen LogP contribution in [0, 0.1) is 0 Å². The summed E-state index contributed by atoms with van der Waals surface area (Å²) in [7, 11) is 0. The molecule has 1 amide bonds.